The molecule has 0 aliphatic rings. The number of nitrogens with zero attached hydrogens (tertiary/aromatic N) is 4. The highest BCUT2D eigenvalue weighted by atomic mass is 35.5. The van der Waals surface area contributed by atoms with Crippen LogP contribution in [0.3, 0.4) is 0 Å². The van der Waals surface area contributed by atoms with Crippen molar-refractivity contribution in [1.82, 2.24) is 19.7 Å². The highest BCUT2D eigenvalue weighted by Crippen LogP contribution is 2.34. The molecule has 0 fully saturated rings. The number of hydrogen-bond acceptors (Lipinski definition) is 6. The second kappa shape index (κ2) is 11.8. The molecule has 0 unspecified atom stereocenters. The van der Waals surface area contributed by atoms with Gasteiger partial charge in [0.15, 0.2) is 16.1 Å². The van der Waals surface area contributed by atoms with Crippen LogP contribution in [-0.2, 0) is 17.4 Å². The van der Waals surface area contributed by atoms with Gasteiger partial charge in [-0.15, -0.1) is 21.5 Å². The van der Waals surface area contributed by atoms with Crippen LogP contribution < -0.4 is 5.32 Å². The van der Waals surface area contributed by atoms with E-state index in [0.717, 1.165) is 28.9 Å². The molecule has 5 rings (SSSR count). The van der Waals surface area contributed by atoms with Gasteiger partial charge in [0.2, 0.25) is 5.91 Å². The molecule has 12 heteroatoms. The summed E-state index contributed by atoms with van der Waals surface area (Å²) >= 11 is 8.53. The number of hydrogen-bond donors (Lipinski definition) is 1. The molecule has 0 radical (unpaired) electrons. The summed E-state index contributed by atoms with van der Waals surface area (Å²) in [5.41, 5.74) is 2.45. The molecule has 2 heterocycles. The molecular weight excluding hydrogens is 579 g/mol. The number of benzene rings is 3. The average molecular weight is 600 g/mol. The summed E-state index contributed by atoms with van der Waals surface area (Å²) in [5, 5.41) is 12.6. The van der Waals surface area contributed by atoms with Gasteiger partial charge in [0.1, 0.15) is 0 Å². The molecule has 40 heavy (non-hydrogen) atoms. The first-order chi connectivity index (χ1) is 19.2. The minimum absolute atomic E-state index is 0.0488. The lowest BCUT2D eigenvalue weighted by Gasteiger charge is -2.10. The van der Waals surface area contributed by atoms with Crippen molar-refractivity contribution in [2.75, 3.05) is 11.1 Å². The lowest BCUT2D eigenvalue weighted by molar-refractivity contribution is -0.137. The van der Waals surface area contributed by atoms with E-state index in [0.29, 0.717) is 26.6 Å². The van der Waals surface area contributed by atoms with Crippen LogP contribution in [0.2, 0.25) is 5.02 Å². The van der Waals surface area contributed by atoms with Crippen LogP contribution in [0.4, 0.5) is 18.3 Å². The van der Waals surface area contributed by atoms with Crippen LogP contribution in [0.5, 0.6) is 0 Å². The maximum Gasteiger partial charge on any atom is 0.416 e. The molecule has 0 aliphatic carbocycles. The number of aromatic nitrogens is 4. The number of aryl methyl sites for hydroxylation is 1. The first-order valence-corrected chi connectivity index (χ1v) is 14.2. The van der Waals surface area contributed by atoms with Gasteiger partial charge in [0.25, 0.3) is 0 Å². The van der Waals surface area contributed by atoms with E-state index in [9.17, 15) is 18.0 Å². The monoisotopic (exact) mass is 599 g/mol. The zero-order valence-electron chi connectivity index (χ0n) is 20.9. The van der Waals surface area contributed by atoms with E-state index in [1.54, 1.807) is 0 Å². The fraction of sp³-hybridized carbons (Fsp3) is 0.143. The van der Waals surface area contributed by atoms with Crippen molar-refractivity contribution >= 4 is 45.7 Å². The van der Waals surface area contributed by atoms with Crippen LogP contribution in [0.15, 0.2) is 84.1 Å². The lowest BCUT2D eigenvalue weighted by Crippen LogP contribution is -2.14. The van der Waals surface area contributed by atoms with Gasteiger partial charge >= 0.3 is 6.18 Å². The first kappa shape index (κ1) is 27.9. The second-order valence-corrected chi connectivity index (χ2v) is 11.3. The Labute approximate surface area is 241 Å². The maximum atomic E-state index is 13.1. The summed E-state index contributed by atoms with van der Waals surface area (Å²) in [7, 11) is 0. The highest BCUT2D eigenvalue weighted by Gasteiger charge is 2.31. The molecule has 6 nitrogen and oxygen atoms in total. The second-order valence-electron chi connectivity index (χ2n) is 8.79. The number of carbonyl (C=O) groups is 1. The van der Waals surface area contributed by atoms with Gasteiger partial charge in [-0.25, -0.2) is 4.98 Å². The summed E-state index contributed by atoms with van der Waals surface area (Å²) < 4.78 is 41.2. The van der Waals surface area contributed by atoms with Crippen LogP contribution in [0.25, 0.3) is 17.1 Å². The van der Waals surface area contributed by atoms with E-state index >= 15 is 0 Å². The number of nitrogens with one attached hydrogen (secondary N) is 1. The Kier molecular flexibility index (Phi) is 8.24. The number of rotatable bonds is 8. The van der Waals surface area contributed by atoms with Crippen LogP contribution >= 0.6 is 34.7 Å². The third kappa shape index (κ3) is 6.55. The molecule has 1 N–H and O–H groups in total. The van der Waals surface area contributed by atoms with Gasteiger partial charge in [-0.3, -0.25) is 9.36 Å². The Hall–Kier alpha value is -3.67. The van der Waals surface area contributed by atoms with E-state index in [2.05, 4.69) is 20.5 Å². The van der Waals surface area contributed by atoms with Crippen LogP contribution in [-0.4, -0.2) is 31.4 Å². The van der Waals surface area contributed by atoms with Crippen LogP contribution in [0.1, 0.15) is 21.6 Å². The first-order valence-electron chi connectivity index (χ1n) is 12.0. The molecule has 0 saturated carbocycles. The van der Waals surface area contributed by atoms with Gasteiger partial charge in [-0.2, -0.15) is 13.2 Å². The zero-order valence-corrected chi connectivity index (χ0v) is 23.3. The van der Waals surface area contributed by atoms with Gasteiger partial charge in [-0.1, -0.05) is 71.4 Å². The number of halogens is 4. The summed E-state index contributed by atoms with van der Waals surface area (Å²) in [5.74, 6) is 0.405. The van der Waals surface area contributed by atoms with Crippen molar-refractivity contribution in [2.45, 2.75) is 24.7 Å². The predicted molar refractivity (Wildman–Crippen MR) is 152 cm³/mol. The maximum absolute atomic E-state index is 13.1. The normalized spacial score (nSPS) is 11.5. The Morgan fingerprint density at radius 3 is 2.52 bits per heavy atom. The number of alkyl halides is 3. The summed E-state index contributed by atoms with van der Waals surface area (Å²) in [6.07, 6.45) is -2.79. The average Bonchev–Trinajstić information content (AvgIpc) is 3.56. The SMILES string of the molecule is Cc1ccc(-c2nnc(SCC(=O)Nc3ncc(Cc4cc(C(F)(F)F)ccc4Cl)s3)n2-c2ccccc2)cc1. The van der Waals surface area contributed by atoms with Crippen molar-refractivity contribution in [3.8, 4) is 17.1 Å². The third-order valence-electron chi connectivity index (χ3n) is 5.83. The molecule has 0 aliphatic heterocycles. The molecule has 0 spiro atoms. The summed E-state index contributed by atoms with van der Waals surface area (Å²) in [6.45, 7) is 2.01. The number of para-hydroxylation sites is 1. The topological polar surface area (TPSA) is 72.7 Å². The zero-order chi connectivity index (χ0) is 28.3. The van der Waals surface area contributed by atoms with Gasteiger partial charge < -0.3 is 5.32 Å². The molecule has 1 amide bonds. The van der Waals surface area contributed by atoms with Gasteiger partial charge in [-0.05, 0) is 42.8 Å². The fourth-order valence-corrected chi connectivity index (χ4v) is 5.66. The molecule has 2 aromatic heterocycles. The number of thioether (sulfide) groups is 1. The number of anilines is 1. The quantitative estimate of drug-likeness (QED) is 0.185. The summed E-state index contributed by atoms with van der Waals surface area (Å²) in [4.78, 5) is 17.6. The van der Waals surface area contributed by atoms with Gasteiger partial charge in [0.05, 0.1) is 11.3 Å². The van der Waals surface area contributed by atoms with E-state index < -0.39 is 11.7 Å². The molecule has 0 atom stereocenters. The largest absolute Gasteiger partial charge is 0.416 e. The number of amides is 1. The van der Waals surface area contributed by atoms with Crippen molar-refractivity contribution < 1.29 is 18.0 Å². The Morgan fingerprint density at radius 2 is 1.80 bits per heavy atom. The molecule has 0 saturated heterocycles. The summed E-state index contributed by atoms with van der Waals surface area (Å²) in [6, 6.07) is 20.8. The van der Waals surface area contributed by atoms with Crippen molar-refractivity contribution in [1.29, 1.82) is 0 Å². The minimum atomic E-state index is -4.46. The van der Waals surface area contributed by atoms with Gasteiger partial charge in [0, 0.05) is 33.8 Å². The standard InChI is InChI=1S/C28H21ClF3N5OS2/c1-17-7-9-18(10-8-17)25-35-36-27(37(25)21-5-3-2-4-6-21)39-16-24(38)34-26-33-15-22(40-26)14-19-13-20(28(30,31)32)11-12-23(19)29/h2-13,15H,14,16H2,1H3,(H,33,34,38). The third-order valence-corrected chi connectivity index (χ3v) is 8.04. The van der Waals surface area contributed by atoms with Crippen molar-refractivity contribution in [3.05, 3.63) is 106 Å². The molecule has 204 valence electrons. The molecule has 3 aromatic carbocycles. The molecular formula is C28H21ClF3N5OS2. The Bertz CT molecular complexity index is 1640. The minimum Gasteiger partial charge on any atom is -0.301 e. The van der Waals surface area contributed by atoms with E-state index in [4.69, 9.17) is 11.6 Å². The molecule has 0 bridgehead atoms. The highest BCUT2D eigenvalue weighted by molar-refractivity contribution is 7.99. The smallest absolute Gasteiger partial charge is 0.301 e. The van der Waals surface area contributed by atoms with Crippen LogP contribution in [0, 0.1) is 6.92 Å². The lowest BCUT2D eigenvalue weighted by atomic mass is 10.1. The van der Waals surface area contributed by atoms with E-state index in [1.807, 2.05) is 66.1 Å². The van der Waals surface area contributed by atoms with E-state index in [1.165, 1.54) is 35.4 Å². The Morgan fingerprint density at radius 1 is 1.05 bits per heavy atom. The number of carbonyl (C=O) groups excluding carboxylic acids is 1. The molecule has 5 aromatic rings. The predicted octanol–water partition coefficient (Wildman–Crippen LogP) is 7.69. The van der Waals surface area contributed by atoms with E-state index in [-0.39, 0.29) is 23.1 Å². The van der Waals surface area contributed by atoms with Crippen molar-refractivity contribution in [2.24, 2.45) is 0 Å². The number of thiazole rings is 1. The Balaban J connectivity index is 1.27. The fourth-order valence-electron chi connectivity index (χ4n) is 3.87. The van der Waals surface area contributed by atoms with Crippen molar-refractivity contribution in [3.63, 3.8) is 0 Å².